The number of benzene rings is 1. The highest BCUT2D eigenvalue weighted by atomic mass is 16.5. The van der Waals surface area contributed by atoms with Crippen molar-refractivity contribution in [3.8, 4) is 5.75 Å². The third-order valence-corrected chi connectivity index (χ3v) is 3.85. The summed E-state index contributed by atoms with van der Waals surface area (Å²) in [6.07, 6.45) is 2.26. The molecule has 2 heterocycles. The van der Waals surface area contributed by atoms with Crippen LogP contribution in [0.5, 0.6) is 5.75 Å². The van der Waals surface area contributed by atoms with Crippen molar-refractivity contribution in [2.75, 3.05) is 25.0 Å². The van der Waals surface area contributed by atoms with Crippen LogP contribution in [0.25, 0.3) is 0 Å². The average Bonchev–Trinajstić information content (AvgIpc) is 2.47. The topological polar surface area (TPSA) is 67.4 Å². The summed E-state index contributed by atoms with van der Waals surface area (Å²) in [5.41, 5.74) is 1.59. The van der Waals surface area contributed by atoms with E-state index in [1.54, 1.807) is 0 Å². The molecule has 0 unspecified atom stereocenters. The third kappa shape index (κ3) is 2.82. The number of hydrogen-bond acceptors (Lipinski definition) is 4. The van der Waals surface area contributed by atoms with Crippen molar-refractivity contribution in [2.45, 2.75) is 19.3 Å². The lowest BCUT2D eigenvalue weighted by atomic mass is 9.90. The fourth-order valence-corrected chi connectivity index (χ4v) is 2.73. The molecule has 0 aromatic heterocycles. The number of ether oxygens (including phenoxy) is 1. The second kappa shape index (κ2) is 5.63. The summed E-state index contributed by atoms with van der Waals surface area (Å²) in [5, 5.41) is 6.03. The van der Waals surface area contributed by atoms with Crippen LogP contribution < -0.4 is 15.4 Å². The summed E-state index contributed by atoms with van der Waals surface area (Å²) in [6, 6.07) is 5.56. The fourth-order valence-electron chi connectivity index (χ4n) is 2.73. The van der Waals surface area contributed by atoms with Crippen LogP contribution in [0.3, 0.4) is 0 Å². The van der Waals surface area contributed by atoms with E-state index in [0.717, 1.165) is 31.5 Å². The molecule has 0 bridgehead atoms. The zero-order valence-corrected chi connectivity index (χ0v) is 11.3. The highest BCUT2D eigenvalue weighted by molar-refractivity contribution is 5.95. The summed E-state index contributed by atoms with van der Waals surface area (Å²) in [6.45, 7) is 1.90. The van der Waals surface area contributed by atoms with Gasteiger partial charge in [0, 0.05) is 12.3 Å². The standard InChI is InChI=1S/C15H18N2O3/c18-13(11-3-5-16-6-4-11)8-10-1-2-14-12(7-10)17-15(19)9-20-14/h1-2,7,11,16H,3-6,8-9H2,(H,17,19). The lowest BCUT2D eigenvalue weighted by molar-refractivity contribution is -0.123. The Hall–Kier alpha value is -1.88. The van der Waals surface area contributed by atoms with E-state index >= 15 is 0 Å². The quantitative estimate of drug-likeness (QED) is 0.867. The number of anilines is 1. The van der Waals surface area contributed by atoms with Crippen LogP contribution in [0.4, 0.5) is 5.69 Å². The molecular weight excluding hydrogens is 256 g/mol. The van der Waals surface area contributed by atoms with Gasteiger partial charge in [-0.1, -0.05) is 6.07 Å². The Labute approximate surface area is 117 Å². The second-order valence-corrected chi connectivity index (χ2v) is 5.33. The van der Waals surface area contributed by atoms with Crippen LogP contribution in [-0.4, -0.2) is 31.4 Å². The van der Waals surface area contributed by atoms with Crippen molar-refractivity contribution in [2.24, 2.45) is 5.92 Å². The van der Waals surface area contributed by atoms with E-state index in [-0.39, 0.29) is 24.2 Å². The van der Waals surface area contributed by atoms with E-state index in [9.17, 15) is 9.59 Å². The van der Waals surface area contributed by atoms with Crippen LogP contribution >= 0.6 is 0 Å². The van der Waals surface area contributed by atoms with Crippen molar-refractivity contribution in [3.63, 3.8) is 0 Å². The number of fused-ring (bicyclic) bond motifs is 1. The molecule has 5 nitrogen and oxygen atoms in total. The molecule has 3 rings (SSSR count). The van der Waals surface area contributed by atoms with Gasteiger partial charge in [0.1, 0.15) is 11.5 Å². The van der Waals surface area contributed by atoms with Crippen molar-refractivity contribution >= 4 is 17.4 Å². The Balaban J connectivity index is 1.69. The van der Waals surface area contributed by atoms with Gasteiger partial charge in [0.2, 0.25) is 0 Å². The van der Waals surface area contributed by atoms with Crippen LogP contribution in [0.1, 0.15) is 18.4 Å². The first-order valence-corrected chi connectivity index (χ1v) is 7.01. The number of Topliss-reactive ketones (excluding diaryl/α,β-unsaturated/α-hetero) is 1. The van der Waals surface area contributed by atoms with Crippen LogP contribution in [0.15, 0.2) is 18.2 Å². The molecule has 0 spiro atoms. The Morgan fingerprint density at radius 3 is 2.90 bits per heavy atom. The Kier molecular flexibility index (Phi) is 3.69. The van der Waals surface area contributed by atoms with E-state index in [0.29, 0.717) is 17.9 Å². The number of carbonyl (C=O) groups excluding carboxylic acids is 2. The van der Waals surface area contributed by atoms with Gasteiger partial charge in [-0.15, -0.1) is 0 Å². The molecule has 1 amide bonds. The molecule has 20 heavy (non-hydrogen) atoms. The Morgan fingerprint density at radius 1 is 1.30 bits per heavy atom. The number of rotatable bonds is 3. The molecule has 2 N–H and O–H groups in total. The minimum absolute atomic E-state index is 0.0559. The minimum atomic E-state index is -0.153. The van der Waals surface area contributed by atoms with E-state index in [1.165, 1.54) is 0 Å². The first-order valence-electron chi connectivity index (χ1n) is 7.01. The molecule has 2 aliphatic heterocycles. The predicted octanol–water partition coefficient (Wildman–Crippen LogP) is 1.13. The first kappa shape index (κ1) is 13.1. The monoisotopic (exact) mass is 274 g/mol. The summed E-state index contributed by atoms with van der Waals surface area (Å²) >= 11 is 0. The lowest BCUT2D eigenvalue weighted by Crippen LogP contribution is -2.32. The predicted molar refractivity (Wildman–Crippen MR) is 74.9 cm³/mol. The normalized spacial score (nSPS) is 18.9. The fraction of sp³-hybridized carbons (Fsp3) is 0.467. The summed E-state index contributed by atoms with van der Waals surface area (Å²) < 4.78 is 5.31. The van der Waals surface area contributed by atoms with Crippen molar-refractivity contribution in [1.82, 2.24) is 5.32 Å². The van der Waals surface area contributed by atoms with E-state index in [1.807, 2.05) is 18.2 Å². The third-order valence-electron chi connectivity index (χ3n) is 3.85. The largest absolute Gasteiger partial charge is 0.482 e. The molecule has 0 saturated carbocycles. The molecule has 1 aromatic rings. The van der Waals surface area contributed by atoms with Gasteiger partial charge >= 0.3 is 0 Å². The number of ketones is 1. The number of nitrogens with one attached hydrogen (secondary N) is 2. The molecule has 1 saturated heterocycles. The summed E-state index contributed by atoms with van der Waals surface area (Å²) in [5.74, 6) is 0.967. The van der Waals surface area contributed by atoms with E-state index in [2.05, 4.69) is 10.6 Å². The van der Waals surface area contributed by atoms with Gasteiger partial charge < -0.3 is 15.4 Å². The zero-order chi connectivity index (χ0) is 13.9. The molecule has 0 aliphatic carbocycles. The lowest BCUT2D eigenvalue weighted by Gasteiger charge is -2.22. The molecule has 0 radical (unpaired) electrons. The van der Waals surface area contributed by atoms with Gasteiger partial charge in [-0.05, 0) is 43.6 Å². The SMILES string of the molecule is O=C1COc2ccc(CC(=O)C3CCNCC3)cc2N1. The van der Waals surface area contributed by atoms with Gasteiger partial charge in [0.05, 0.1) is 5.69 Å². The maximum Gasteiger partial charge on any atom is 0.262 e. The van der Waals surface area contributed by atoms with Crippen LogP contribution in [0, 0.1) is 5.92 Å². The van der Waals surface area contributed by atoms with Gasteiger partial charge in [-0.3, -0.25) is 9.59 Å². The number of carbonyl (C=O) groups is 2. The Morgan fingerprint density at radius 2 is 2.10 bits per heavy atom. The summed E-state index contributed by atoms with van der Waals surface area (Å²) in [4.78, 5) is 23.6. The van der Waals surface area contributed by atoms with Crippen LogP contribution in [0.2, 0.25) is 0 Å². The van der Waals surface area contributed by atoms with Gasteiger partial charge in [-0.25, -0.2) is 0 Å². The zero-order valence-electron chi connectivity index (χ0n) is 11.3. The number of hydrogen-bond donors (Lipinski definition) is 2. The van der Waals surface area contributed by atoms with Gasteiger partial charge in [-0.2, -0.15) is 0 Å². The van der Waals surface area contributed by atoms with Gasteiger partial charge in [0.25, 0.3) is 5.91 Å². The van der Waals surface area contributed by atoms with Crippen molar-refractivity contribution in [1.29, 1.82) is 0 Å². The highest BCUT2D eigenvalue weighted by Crippen LogP contribution is 2.29. The van der Waals surface area contributed by atoms with Crippen LogP contribution in [-0.2, 0) is 16.0 Å². The molecular formula is C15H18N2O3. The van der Waals surface area contributed by atoms with E-state index < -0.39 is 0 Å². The van der Waals surface area contributed by atoms with Gasteiger partial charge in [0.15, 0.2) is 6.61 Å². The molecule has 1 aromatic carbocycles. The van der Waals surface area contributed by atoms with Crippen molar-refractivity contribution in [3.05, 3.63) is 23.8 Å². The Bertz CT molecular complexity index is 536. The number of amides is 1. The minimum Gasteiger partial charge on any atom is -0.482 e. The molecule has 5 heteroatoms. The average molecular weight is 274 g/mol. The highest BCUT2D eigenvalue weighted by Gasteiger charge is 2.22. The maximum absolute atomic E-state index is 12.3. The number of piperidine rings is 1. The summed E-state index contributed by atoms with van der Waals surface area (Å²) in [7, 11) is 0. The molecule has 2 aliphatic rings. The van der Waals surface area contributed by atoms with E-state index in [4.69, 9.17) is 4.74 Å². The maximum atomic E-state index is 12.3. The second-order valence-electron chi connectivity index (χ2n) is 5.33. The molecule has 0 atom stereocenters. The smallest absolute Gasteiger partial charge is 0.262 e. The molecule has 106 valence electrons. The first-order chi connectivity index (χ1) is 9.72. The molecule has 1 fully saturated rings. The van der Waals surface area contributed by atoms with Crippen molar-refractivity contribution < 1.29 is 14.3 Å².